The van der Waals surface area contributed by atoms with Crippen LogP contribution in [-0.2, 0) is 12.6 Å². The molecule has 0 bridgehead atoms. The summed E-state index contributed by atoms with van der Waals surface area (Å²) < 4.78 is 1.87. The lowest BCUT2D eigenvalue weighted by atomic mass is 10.1. The number of rotatable bonds is 2. The Morgan fingerprint density at radius 2 is 2.00 bits per heavy atom. The molecule has 0 aromatic carbocycles. The van der Waals surface area contributed by atoms with Crippen LogP contribution in [0.15, 0.2) is 6.20 Å². The summed E-state index contributed by atoms with van der Waals surface area (Å²) in [6, 6.07) is 0. The molecule has 2 aromatic rings. The van der Waals surface area contributed by atoms with E-state index < -0.39 is 5.54 Å². The first-order valence-corrected chi connectivity index (χ1v) is 5.65. The van der Waals surface area contributed by atoms with Crippen molar-refractivity contribution in [3.05, 3.63) is 23.4 Å². The lowest BCUT2D eigenvalue weighted by Gasteiger charge is -2.14. The molecule has 0 radical (unpaired) electrons. The number of hydrogen-bond donors (Lipinski definition) is 2. The predicted molar refractivity (Wildman–Crippen MR) is 67.5 cm³/mol. The molecule has 0 aliphatic heterocycles. The molecule has 0 saturated carbocycles. The first-order valence-electron chi connectivity index (χ1n) is 5.65. The first kappa shape index (κ1) is 11.9. The maximum absolute atomic E-state index is 6.01. The van der Waals surface area contributed by atoms with Gasteiger partial charge in [-0.15, -0.1) is 0 Å². The number of aryl methyl sites for hydroxylation is 2. The van der Waals surface area contributed by atoms with Gasteiger partial charge >= 0.3 is 0 Å². The standard InChI is InChI=1S/C12H19N5/c1-7-10(8(2)17(5)16-7)9-6-14-11(15-9)12(3,4)13/h6H,13H2,1-5H3,(H,14,15). The zero-order valence-corrected chi connectivity index (χ0v) is 11.0. The molecule has 0 aliphatic carbocycles. The van der Waals surface area contributed by atoms with E-state index >= 15 is 0 Å². The van der Waals surface area contributed by atoms with Crippen LogP contribution in [0.25, 0.3) is 11.3 Å². The summed E-state index contributed by atoms with van der Waals surface area (Å²) in [7, 11) is 1.94. The van der Waals surface area contributed by atoms with Crippen molar-refractivity contribution in [3.8, 4) is 11.3 Å². The van der Waals surface area contributed by atoms with E-state index in [0.29, 0.717) is 0 Å². The average molecular weight is 233 g/mol. The number of aromatic nitrogens is 4. The zero-order valence-electron chi connectivity index (χ0n) is 11.0. The highest BCUT2D eigenvalue weighted by Crippen LogP contribution is 2.26. The first-order chi connectivity index (χ1) is 7.80. The summed E-state index contributed by atoms with van der Waals surface area (Å²) in [5, 5.41) is 4.40. The fourth-order valence-electron chi connectivity index (χ4n) is 1.94. The number of nitrogens with two attached hydrogens (primary N) is 1. The highest BCUT2D eigenvalue weighted by Gasteiger charge is 2.20. The molecule has 17 heavy (non-hydrogen) atoms. The summed E-state index contributed by atoms with van der Waals surface area (Å²) in [5.41, 5.74) is 9.75. The Balaban J connectivity index is 2.51. The van der Waals surface area contributed by atoms with Gasteiger partial charge in [0.15, 0.2) is 0 Å². The molecule has 3 N–H and O–H groups in total. The number of imidazole rings is 1. The van der Waals surface area contributed by atoms with Gasteiger partial charge in [0.2, 0.25) is 0 Å². The van der Waals surface area contributed by atoms with Gasteiger partial charge in [-0.3, -0.25) is 4.68 Å². The summed E-state index contributed by atoms with van der Waals surface area (Å²) in [4.78, 5) is 7.61. The highest BCUT2D eigenvalue weighted by molar-refractivity contribution is 5.64. The van der Waals surface area contributed by atoms with Crippen molar-refractivity contribution in [1.82, 2.24) is 19.7 Å². The van der Waals surface area contributed by atoms with Crippen LogP contribution < -0.4 is 5.73 Å². The van der Waals surface area contributed by atoms with E-state index in [1.807, 2.05) is 45.6 Å². The molecular weight excluding hydrogens is 214 g/mol. The van der Waals surface area contributed by atoms with Gasteiger partial charge in [-0.05, 0) is 27.7 Å². The third kappa shape index (κ3) is 1.98. The minimum atomic E-state index is -0.456. The van der Waals surface area contributed by atoms with Gasteiger partial charge in [-0.2, -0.15) is 5.10 Å². The maximum atomic E-state index is 6.01. The number of nitrogens with one attached hydrogen (secondary N) is 1. The monoisotopic (exact) mass is 233 g/mol. The zero-order chi connectivity index (χ0) is 12.8. The van der Waals surface area contributed by atoms with Gasteiger partial charge in [0.1, 0.15) is 5.82 Å². The number of aromatic amines is 1. The van der Waals surface area contributed by atoms with Gasteiger partial charge in [0.05, 0.1) is 23.1 Å². The molecule has 92 valence electrons. The van der Waals surface area contributed by atoms with Crippen LogP contribution in [0.3, 0.4) is 0 Å². The normalized spacial score (nSPS) is 12.1. The number of nitrogens with zero attached hydrogens (tertiary/aromatic N) is 3. The molecule has 0 aliphatic rings. The van der Waals surface area contributed by atoms with Crippen LogP contribution >= 0.6 is 0 Å². The van der Waals surface area contributed by atoms with Crippen LogP contribution in [0.4, 0.5) is 0 Å². The van der Waals surface area contributed by atoms with Crippen LogP contribution in [0, 0.1) is 13.8 Å². The van der Waals surface area contributed by atoms with Crippen molar-refractivity contribution >= 4 is 0 Å². The van der Waals surface area contributed by atoms with Gasteiger partial charge < -0.3 is 10.7 Å². The minimum Gasteiger partial charge on any atom is -0.340 e. The smallest absolute Gasteiger partial charge is 0.126 e. The summed E-state index contributed by atoms with van der Waals surface area (Å²) in [6.07, 6.45) is 1.82. The fourth-order valence-corrected chi connectivity index (χ4v) is 1.94. The van der Waals surface area contributed by atoms with Gasteiger partial charge in [-0.25, -0.2) is 4.98 Å². The molecule has 0 fully saturated rings. The van der Waals surface area contributed by atoms with Gasteiger partial charge in [0, 0.05) is 18.3 Å². The van der Waals surface area contributed by atoms with E-state index in [1.54, 1.807) is 0 Å². The van der Waals surface area contributed by atoms with Crippen molar-refractivity contribution in [2.45, 2.75) is 33.2 Å². The second-order valence-corrected chi connectivity index (χ2v) is 5.04. The van der Waals surface area contributed by atoms with E-state index in [0.717, 1.165) is 28.5 Å². The maximum Gasteiger partial charge on any atom is 0.126 e. The van der Waals surface area contributed by atoms with E-state index in [2.05, 4.69) is 15.1 Å². The van der Waals surface area contributed by atoms with Crippen molar-refractivity contribution in [1.29, 1.82) is 0 Å². The molecule has 2 rings (SSSR count). The number of H-pyrrole nitrogens is 1. The topological polar surface area (TPSA) is 72.5 Å². The average Bonchev–Trinajstić information content (AvgIpc) is 2.73. The molecule has 2 heterocycles. The largest absolute Gasteiger partial charge is 0.340 e. The second kappa shape index (κ2) is 3.70. The van der Waals surface area contributed by atoms with Crippen molar-refractivity contribution < 1.29 is 0 Å². The minimum absolute atomic E-state index is 0.456. The van der Waals surface area contributed by atoms with Gasteiger partial charge in [0.25, 0.3) is 0 Å². The Bertz CT molecular complexity index is 542. The lowest BCUT2D eigenvalue weighted by molar-refractivity contribution is 0.520. The summed E-state index contributed by atoms with van der Waals surface area (Å²) >= 11 is 0. The van der Waals surface area contributed by atoms with E-state index in [-0.39, 0.29) is 0 Å². The lowest BCUT2D eigenvalue weighted by Crippen LogP contribution is -2.30. The predicted octanol–water partition coefficient (Wildman–Crippen LogP) is 1.62. The van der Waals surface area contributed by atoms with E-state index in [1.165, 1.54) is 0 Å². The van der Waals surface area contributed by atoms with Crippen molar-refractivity contribution in [3.63, 3.8) is 0 Å². The Morgan fingerprint density at radius 3 is 2.41 bits per heavy atom. The quantitative estimate of drug-likeness (QED) is 0.828. The number of hydrogen-bond acceptors (Lipinski definition) is 3. The van der Waals surface area contributed by atoms with Crippen LogP contribution in [0.1, 0.15) is 31.1 Å². The van der Waals surface area contributed by atoms with E-state index in [9.17, 15) is 0 Å². The second-order valence-electron chi connectivity index (χ2n) is 5.04. The molecule has 0 atom stereocenters. The van der Waals surface area contributed by atoms with Gasteiger partial charge in [-0.1, -0.05) is 0 Å². The third-order valence-electron chi connectivity index (χ3n) is 2.96. The summed E-state index contributed by atoms with van der Waals surface area (Å²) in [6.45, 7) is 7.90. The Kier molecular flexibility index (Phi) is 2.58. The van der Waals surface area contributed by atoms with Crippen molar-refractivity contribution in [2.24, 2.45) is 12.8 Å². The van der Waals surface area contributed by atoms with Crippen molar-refractivity contribution in [2.75, 3.05) is 0 Å². The Labute approximate surface area is 101 Å². The van der Waals surface area contributed by atoms with E-state index in [4.69, 9.17) is 5.73 Å². The highest BCUT2D eigenvalue weighted by atomic mass is 15.3. The molecule has 0 unspecified atom stereocenters. The van der Waals surface area contributed by atoms with Crippen LogP contribution in [0.5, 0.6) is 0 Å². The fraction of sp³-hybridized carbons (Fsp3) is 0.500. The molecule has 0 spiro atoms. The molecule has 5 heteroatoms. The molecule has 0 saturated heterocycles. The Hall–Kier alpha value is -1.62. The molecule has 5 nitrogen and oxygen atoms in total. The summed E-state index contributed by atoms with van der Waals surface area (Å²) in [5.74, 6) is 0.787. The Morgan fingerprint density at radius 1 is 1.35 bits per heavy atom. The third-order valence-corrected chi connectivity index (χ3v) is 2.96. The SMILES string of the molecule is Cc1nn(C)c(C)c1-c1cnc(C(C)(C)N)[nH]1. The molecular formula is C12H19N5. The molecule has 2 aromatic heterocycles. The van der Waals surface area contributed by atoms with Crippen LogP contribution in [-0.4, -0.2) is 19.7 Å². The van der Waals surface area contributed by atoms with Crippen LogP contribution in [0.2, 0.25) is 0 Å². The molecule has 0 amide bonds.